The van der Waals surface area contributed by atoms with Crippen LogP contribution in [0.2, 0.25) is 0 Å². The second kappa shape index (κ2) is 8.79. The fourth-order valence-corrected chi connectivity index (χ4v) is 3.74. The molecule has 0 saturated carbocycles. The van der Waals surface area contributed by atoms with E-state index in [9.17, 15) is 9.59 Å². The number of hydrogen-bond acceptors (Lipinski definition) is 6. The molecule has 0 aliphatic carbocycles. The molecule has 0 fully saturated rings. The van der Waals surface area contributed by atoms with E-state index in [1.807, 2.05) is 11.6 Å². The van der Waals surface area contributed by atoms with E-state index in [1.165, 1.54) is 10.9 Å². The van der Waals surface area contributed by atoms with Crippen LogP contribution in [-0.2, 0) is 20.6 Å². The molecule has 0 aromatic carbocycles. The Labute approximate surface area is 183 Å². The highest BCUT2D eigenvalue weighted by Gasteiger charge is 2.20. The van der Waals surface area contributed by atoms with Gasteiger partial charge < -0.3 is 10.2 Å². The molecule has 0 aliphatic rings. The summed E-state index contributed by atoms with van der Waals surface area (Å²) in [5.41, 5.74) is 2.43. The van der Waals surface area contributed by atoms with Crippen LogP contribution < -0.4 is 10.9 Å². The number of amides is 1. The molecule has 168 valence electrons. The van der Waals surface area contributed by atoms with Gasteiger partial charge in [0.05, 0.1) is 17.5 Å². The molecule has 1 atom stereocenters. The summed E-state index contributed by atoms with van der Waals surface area (Å²) < 4.78 is 5.01. The number of hydrogen-bond donors (Lipinski definition) is 3. The maximum absolute atomic E-state index is 13.0. The molecule has 0 saturated heterocycles. The third-order valence-corrected chi connectivity index (χ3v) is 5.44. The minimum Gasteiger partial charge on any atom is -0.396 e. The number of aromatic amines is 1. The van der Waals surface area contributed by atoms with Crippen molar-refractivity contribution < 1.29 is 9.90 Å². The zero-order valence-corrected chi connectivity index (χ0v) is 18.2. The smallest absolute Gasteiger partial charge is 0.275 e. The van der Waals surface area contributed by atoms with Gasteiger partial charge in [-0.05, 0) is 30.9 Å². The Balaban J connectivity index is 1.63. The highest BCUT2D eigenvalue weighted by atomic mass is 16.3. The summed E-state index contributed by atoms with van der Waals surface area (Å²) in [6, 6.07) is 3.17. The van der Waals surface area contributed by atoms with Gasteiger partial charge in [-0.2, -0.15) is 5.10 Å². The fraction of sp³-hybridized carbons (Fsp3) is 0.381. The van der Waals surface area contributed by atoms with Gasteiger partial charge in [-0.3, -0.25) is 33.8 Å². The van der Waals surface area contributed by atoms with Crippen LogP contribution in [0.1, 0.15) is 30.1 Å². The van der Waals surface area contributed by atoms with Crippen molar-refractivity contribution in [2.24, 2.45) is 20.0 Å². The highest BCUT2D eigenvalue weighted by Crippen LogP contribution is 2.23. The second-order valence-corrected chi connectivity index (χ2v) is 7.93. The van der Waals surface area contributed by atoms with Crippen molar-refractivity contribution in [1.82, 2.24) is 34.1 Å². The number of fused-ring (bicyclic) bond motifs is 1. The van der Waals surface area contributed by atoms with Gasteiger partial charge in [-0.15, -0.1) is 0 Å². The number of nitrogens with zero attached hydrogens (tertiary/aromatic N) is 6. The standard InChI is InChI=1S/C21H26N8O3/c1-13(5-4-8-30)12-29-19-17(11-24-27(19)2)25-21(29)26-18(31)14-6-7-22-16(9-14)15-10-23-28(3)20(15)32/h6-7,9-11,13,23,30H,4-5,8,12H2,1-3H3,(H,25,26,31)/t13-/m1/s1. The molecule has 4 rings (SSSR count). The first kappa shape index (κ1) is 21.5. The van der Waals surface area contributed by atoms with Gasteiger partial charge in [0.2, 0.25) is 5.95 Å². The lowest BCUT2D eigenvalue weighted by atomic mass is 10.1. The normalized spacial score (nSPS) is 12.4. The van der Waals surface area contributed by atoms with Crippen molar-refractivity contribution in [2.75, 3.05) is 11.9 Å². The summed E-state index contributed by atoms with van der Waals surface area (Å²) in [5.74, 6) is 0.334. The molecule has 11 heteroatoms. The number of imidazole rings is 1. The monoisotopic (exact) mass is 438 g/mol. The maximum Gasteiger partial charge on any atom is 0.275 e. The van der Waals surface area contributed by atoms with E-state index in [0.717, 1.165) is 12.1 Å². The summed E-state index contributed by atoms with van der Waals surface area (Å²) in [6.07, 6.45) is 6.28. The van der Waals surface area contributed by atoms with Gasteiger partial charge in [0.15, 0.2) is 5.65 Å². The fourth-order valence-electron chi connectivity index (χ4n) is 3.74. The molecular formula is C21H26N8O3. The predicted molar refractivity (Wildman–Crippen MR) is 119 cm³/mol. The minimum absolute atomic E-state index is 0.146. The number of anilines is 1. The van der Waals surface area contributed by atoms with E-state index in [2.05, 4.69) is 32.4 Å². The maximum atomic E-state index is 13.0. The van der Waals surface area contributed by atoms with E-state index in [1.54, 1.807) is 36.3 Å². The quantitative estimate of drug-likeness (QED) is 0.382. The Bertz CT molecular complexity index is 1310. The van der Waals surface area contributed by atoms with Crippen molar-refractivity contribution in [3.05, 3.63) is 46.6 Å². The van der Waals surface area contributed by atoms with Crippen LogP contribution in [0.3, 0.4) is 0 Å². The number of aliphatic hydroxyl groups excluding tert-OH is 1. The molecule has 1 amide bonds. The number of aliphatic hydroxyl groups is 1. The Morgan fingerprint density at radius 3 is 2.88 bits per heavy atom. The number of nitrogens with one attached hydrogen (secondary N) is 2. The molecule has 0 spiro atoms. The zero-order chi connectivity index (χ0) is 22.8. The van der Waals surface area contributed by atoms with E-state index in [4.69, 9.17) is 5.11 Å². The van der Waals surface area contributed by atoms with Gasteiger partial charge in [-0.25, -0.2) is 4.98 Å². The van der Waals surface area contributed by atoms with Crippen LogP contribution in [0.5, 0.6) is 0 Å². The molecule has 32 heavy (non-hydrogen) atoms. The minimum atomic E-state index is -0.353. The van der Waals surface area contributed by atoms with E-state index < -0.39 is 0 Å². The molecule has 0 bridgehead atoms. The lowest BCUT2D eigenvalue weighted by Gasteiger charge is -2.15. The number of aryl methyl sites for hydroxylation is 2. The van der Waals surface area contributed by atoms with Crippen LogP contribution >= 0.6 is 0 Å². The third-order valence-electron chi connectivity index (χ3n) is 5.44. The molecule has 0 aliphatic heterocycles. The average Bonchev–Trinajstić information content (AvgIpc) is 3.42. The van der Waals surface area contributed by atoms with E-state index in [-0.39, 0.29) is 24.0 Å². The van der Waals surface area contributed by atoms with Crippen molar-refractivity contribution in [3.63, 3.8) is 0 Å². The van der Waals surface area contributed by atoms with Crippen molar-refractivity contribution in [3.8, 4) is 11.3 Å². The van der Waals surface area contributed by atoms with Crippen LogP contribution in [0.25, 0.3) is 22.4 Å². The summed E-state index contributed by atoms with van der Waals surface area (Å²) in [5, 5.41) is 19.1. The molecule has 11 nitrogen and oxygen atoms in total. The Morgan fingerprint density at radius 1 is 1.34 bits per heavy atom. The van der Waals surface area contributed by atoms with Gasteiger partial charge in [0, 0.05) is 45.2 Å². The van der Waals surface area contributed by atoms with Crippen LogP contribution in [0, 0.1) is 5.92 Å². The molecular weight excluding hydrogens is 412 g/mol. The molecule has 4 aromatic heterocycles. The summed E-state index contributed by atoms with van der Waals surface area (Å²) >= 11 is 0. The summed E-state index contributed by atoms with van der Waals surface area (Å²) in [4.78, 5) is 34.0. The van der Waals surface area contributed by atoms with Gasteiger partial charge in [-0.1, -0.05) is 6.92 Å². The highest BCUT2D eigenvalue weighted by molar-refractivity contribution is 6.04. The molecule has 3 N–H and O–H groups in total. The third kappa shape index (κ3) is 4.06. The zero-order valence-electron chi connectivity index (χ0n) is 18.2. The van der Waals surface area contributed by atoms with E-state index >= 15 is 0 Å². The lowest BCUT2D eigenvalue weighted by molar-refractivity contribution is 0.102. The molecule has 4 aromatic rings. The Morgan fingerprint density at radius 2 is 2.16 bits per heavy atom. The van der Waals surface area contributed by atoms with Gasteiger partial charge >= 0.3 is 0 Å². The first-order chi connectivity index (χ1) is 15.4. The predicted octanol–water partition coefficient (Wildman–Crippen LogP) is 1.52. The Hall–Kier alpha value is -3.73. The topological polar surface area (TPSA) is 136 Å². The number of carbonyl (C=O) groups excluding carboxylic acids is 1. The number of H-pyrrole nitrogens is 1. The van der Waals surface area contributed by atoms with E-state index in [0.29, 0.717) is 41.3 Å². The average molecular weight is 438 g/mol. The van der Waals surface area contributed by atoms with Crippen LogP contribution in [0.15, 0.2) is 35.5 Å². The first-order valence-electron chi connectivity index (χ1n) is 10.4. The van der Waals surface area contributed by atoms with Crippen molar-refractivity contribution in [2.45, 2.75) is 26.3 Å². The van der Waals surface area contributed by atoms with Gasteiger partial charge in [0.1, 0.15) is 5.52 Å². The first-order valence-corrected chi connectivity index (χ1v) is 10.4. The lowest BCUT2D eigenvalue weighted by Crippen LogP contribution is -2.19. The number of aromatic nitrogens is 7. The van der Waals surface area contributed by atoms with Crippen molar-refractivity contribution in [1.29, 1.82) is 0 Å². The number of rotatable bonds is 8. The summed E-state index contributed by atoms with van der Waals surface area (Å²) in [7, 11) is 3.44. The number of carbonyl (C=O) groups is 1. The Kier molecular flexibility index (Phi) is 5.91. The van der Waals surface area contributed by atoms with Gasteiger partial charge in [0.25, 0.3) is 11.5 Å². The summed E-state index contributed by atoms with van der Waals surface area (Å²) in [6.45, 7) is 2.86. The van der Waals surface area contributed by atoms with Crippen LogP contribution in [0.4, 0.5) is 5.95 Å². The van der Waals surface area contributed by atoms with Crippen LogP contribution in [-0.4, -0.2) is 51.7 Å². The molecule has 0 unspecified atom stereocenters. The molecule has 0 radical (unpaired) electrons. The second-order valence-electron chi connectivity index (χ2n) is 7.93. The van der Waals surface area contributed by atoms with Crippen molar-refractivity contribution >= 4 is 23.0 Å². The SMILES string of the molecule is C[C@H](CCCO)Cn1c(NC(=O)c2ccnc(-c3c[nH]n(C)c3=O)c2)nc2cnn(C)c21. The number of pyridine rings is 1. The largest absolute Gasteiger partial charge is 0.396 e. The molecule has 4 heterocycles.